The fourth-order valence-corrected chi connectivity index (χ4v) is 6.39. The number of aliphatic hydroxyl groups is 1. The van der Waals surface area contributed by atoms with Gasteiger partial charge in [0, 0.05) is 19.1 Å². The monoisotopic (exact) mass is 434 g/mol. The fraction of sp³-hybridized carbons (Fsp3) is 0.783. The van der Waals surface area contributed by atoms with Gasteiger partial charge in [0.25, 0.3) is 0 Å². The predicted molar refractivity (Wildman–Crippen MR) is 112 cm³/mol. The molecule has 0 radical (unpaired) electrons. The van der Waals surface area contributed by atoms with Crippen LogP contribution in [0.3, 0.4) is 0 Å². The number of esters is 1. The number of likely N-dealkylation sites (tertiary alicyclic amines) is 1. The molecule has 3 heterocycles. The molecule has 1 N–H and O–H groups in total. The Morgan fingerprint density at radius 3 is 2.71 bits per heavy atom. The molecule has 172 valence electrons. The Bertz CT molecular complexity index is 736. The Labute approximate surface area is 183 Å². The largest absolute Gasteiger partial charge is 0.466 e. The number of carbonyl (C=O) groups excluding carboxylic acids is 3. The molecule has 0 aromatic heterocycles. The van der Waals surface area contributed by atoms with Gasteiger partial charge in [0.2, 0.25) is 11.8 Å². The van der Waals surface area contributed by atoms with E-state index in [0.717, 1.165) is 25.7 Å². The molecule has 4 fully saturated rings. The van der Waals surface area contributed by atoms with Gasteiger partial charge in [-0.05, 0) is 32.6 Å². The van der Waals surface area contributed by atoms with Crippen LogP contribution in [0.15, 0.2) is 12.7 Å². The zero-order valence-electron chi connectivity index (χ0n) is 18.3. The molecule has 2 amide bonds. The number of β-amino-alcohol motifs (C(OH)–C–C–N with tert-alkyl or cyclic N) is 1. The smallest absolute Gasteiger partial charge is 0.312 e. The molecule has 2 unspecified atom stereocenters. The van der Waals surface area contributed by atoms with Crippen molar-refractivity contribution in [3.8, 4) is 0 Å². The van der Waals surface area contributed by atoms with Crippen LogP contribution in [0, 0.1) is 11.8 Å². The quantitative estimate of drug-likeness (QED) is 0.456. The van der Waals surface area contributed by atoms with E-state index in [0.29, 0.717) is 19.4 Å². The fourth-order valence-electron chi connectivity index (χ4n) is 6.39. The summed E-state index contributed by atoms with van der Waals surface area (Å²) in [6, 6.07) is -0.719. The summed E-state index contributed by atoms with van der Waals surface area (Å²) < 4.78 is 11.6. The summed E-state index contributed by atoms with van der Waals surface area (Å²) in [7, 11) is 0. The van der Waals surface area contributed by atoms with E-state index in [1.54, 1.807) is 13.0 Å². The van der Waals surface area contributed by atoms with E-state index in [-0.39, 0.29) is 37.6 Å². The van der Waals surface area contributed by atoms with Crippen LogP contribution >= 0.6 is 0 Å². The molecule has 2 bridgehead atoms. The number of hydrogen-bond acceptors (Lipinski definition) is 6. The van der Waals surface area contributed by atoms with Crippen molar-refractivity contribution >= 4 is 17.8 Å². The van der Waals surface area contributed by atoms with E-state index in [2.05, 4.69) is 6.58 Å². The number of ether oxygens (including phenoxy) is 2. The average molecular weight is 435 g/mol. The Kier molecular flexibility index (Phi) is 6.40. The van der Waals surface area contributed by atoms with E-state index in [4.69, 9.17) is 9.47 Å². The van der Waals surface area contributed by atoms with Crippen LogP contribution in [0.4, 0.5) is 0 Å². The number of nitrogens with zero attached hydrogens (tertiary/aromatic N) is 2. The van der Waals surface area contributed by atoms with Crippen LogP contribution in [0.5, 0.6) is 0 Å². The van der Waals surface area contributed by atoms with Crippen LogP contribution in [0.1, 0.15) is 51.9 Å². The maximum absolute atomic E-state index is 14.0. The predicted octanol–water partition coefficient (Wildman–Crippen LogP) is 1.26. The molecule has 31 heavy (non-hydrogen) atoms. The van der Waals surface area contributed by atoms with Crippen LogP contribution < -0.4 is 0 Å². The van der Waals surface area contributed by atoms with Gasteiger partial charge in [0.05, 0.1) is 31.2 Å². The van der Waals surface area contributed by atoms with Crippen LogP contribution in [0.2, 0.25) is 0 Å². The zero-order valence-corrected chi connectivity index (χ0v) is 18.3. The SMILES string of the molecule is C=CCN(C(=O)C1N(CCO)C(=O)[C@@H]2[C@@H](C(=O)OCC)[C@H]3CCC12O3)C1CCCCC1. The summed E-state index contributed by atoms with van der Waals surface area (Å²) in [4.78, 5) is 43.5. The molecule has 0 aromatic rings. The van der Waals surface area contributed by atoms with Gasteiger partial charge >= 0.3 is 5.97 Å². The van der Waals surface area contributed by atoms with Crippen LogP contribution in [-0.4, -0.2) is 82.8 Å². The van der Waals surface area contributed by atoms with Crippen molar-refractivity contribution in [2.75, 3.05) is 26.3 Å². The van der Waals surface area contributed by atoms with Crippen molar-refractivity contribution < 1.29 is 29.0 Å². The van der Waals surface area contributed by atoms with Gasteiger partial charge in [0.1, 0.15) is 11.6 Å². The number of fused-ring (bicyclic) bond motifs is 1. The highest BCUT2D eigenvalue weighted by Crippen LogP contribution is 2.58. The summed E-state index contributed by atoms with van der Waals surface area (Å²) in [6.45, 7) is 6.00. The van der Waals surface area contributed by atoms with Crippen molar-refractivity contribution in [2.45, 2.75) is 75.7 Å². The van der Waals surface area contributed by atoms with Crippen molar-refractivity contribution in [1.82, 2.24) is 9.80 Å². The first kappa shape index (κ1) is 22.3. The highest BCUT2D eigenvalue weighted by atomic mass is 16.6. The standard InChI is InChI=1S/C23H34N2O6/c1-3-12-24(15-8-6-5-7-9-15)21(28)19-23-11-10-16(31-23)17(22(29)30-4-2)18(23)20(27)25(19)13-14-26/h3,15-19,26H,1,4-14H2,2H3/t16-,17+,18+,19?,23?/m1/s1. The topological polar surface area (TPSA) is 96.4 Å². The lowest BCUT2D eigenvalue weighted by Gasteiger charge is -2.40. The van der Waals surface area contributed by atoms with Crippen molar-refractivity contribution in [3.05, 3.63) is 12.7 Å². The van der Waals surface area contributed by atoms with Crippen molar-refractivity contribution in [3.63, 3.8) is 0 Å². The summed E-state index contributed by atoms with van der Waals surface area (Å²) in [5, 5.41) is 9.66. The van der Waals surface area contributed by atoms with Gasteiger partial charge in [-0.3, -0.25) is 14.4 Å². The number of rotatable bonds is 8. The maximum atomic E-state index is 14.0. The molecule has 0 aromatic carbocycles. The van der Waals surface area contributed by atoms with Gasteiger partial charge in [-0.15, -0.1) is 6.58 Å². The molecule has 3 aliphatic heterocycles. The first-order chi connectivity index (χ1) is 15.0. The molecular formula is C23H34N2O6. The Morgan fingerprint density at radius 1 is 1.32 bits per heavy atom. The second kappa shape index (κ2) is 8.90. The Morgan fingerprint density at radius 2 is 2.06 bits per heavy atom. The second-order valence-corrected chi connectivity index (χ2v) is 9.13. The third kappa shape index (κ3) is 3.48. The number of aliphatic hydroxyl groups excluding tert-OH is 1. The minimum atomic E-state index is -1.03. The molecule has 1 spiro atoms. The molecule has 1 aliphatic carbocycles. The second-order valence-electron chi connectivity index (χ2n) is 9.13. The minimum absolute atomic E-state index is 0.0453. The normalized spacial score (nSPS) is 34.6. The zero-order chi connectivity index (χ0) is 22.2. The first-order valence-corrected chi connectivity index (χ1v) is 11.7. The van der Waals surface area contributed by atoms with Crippen LogP contribution in [-0.2, 0) is 23.9 Å². The molecule has 4 aliphatic rings. The summed E-state index contributed by atoms with van der Waals surface area (Å²) >= 11 is 0. The van der Waals surface area contributed by atoms with Gasteiger partial charge in [-0.25, -0.2) is 0 Å². The summed E-state index contributed by atoms with van der Waals surface area (Å²) in [6.07, 6.45) is 7.69. The minimum Gasteiger partial charge on any atom is -0.466 e. The van der Waals surface area contributed by atoms with Gasteiger partial charge in [0.15, 0.2) is 0 Å². The van der Waals surface area contributed by atoms with Crippen LogP contribution in [0.25, 0.3) is 0 Å². The van der Waals surface area contributed by atoms with E-state index in [1.165, 1.54) is 11.3 Å². The molecule has 8 nitrogen and oxygen atoms in total. The van der Waals surface area contributed by atoms with E-state index in [1.807, 2.05) is 4.90 Å². The maximum Gasteiger partial charge on any atom is 0.312 e. The number of hydrogen-bond donors (Lipinski definition) is 1. The molecule has 5 atom stereocenters. The van der Waals surface area contributed by atoms with Crippen molar-refractivity contribution in [2.24, 2.45) is 11.8 Å². The molecular weight excluding hydrogens is 400 g/mol. The third-order valence-corrected chi connectivity index (χ3v) is 7.56. The summed E-state index contributed by atoms with van der Waals surface area (Å²) in [5.41, 5.74) is -1.03. The molecule has 3 saturated heterocycles. The van der Waals surface area contributed by atoms with Gasteiger partial charge in [-0.2, -0.15) is 0 Å². The lowest BCUT2D eigenvalue weighted by Crippen LogP contribution is -2.58. The first-order valence-electron chi connectivity index (χ1n) is 11.7. The Balaban J connectivity index is 1.69. The van der Waals surface area contributed by atoms with Gasteiger partial charge in [-0.1, -0.05) is 25.3 Å². The molecule has 1 saturated carbocycles. The molecule has 8 heteroatoms. The number of amides is 2. The van der Waals surface area contributed by atoms with Gasteiger partial charge < -0.3 is 24.4 Å². The van der Waals surface area contributed by atoms with Crippen molar-refractivity contribution in [1.29, 1.82) is 0 Å². The van der Waals surface area contributed by atoms with E-state index >= 15 is 0 Å². The number of carbonyl (C=O) groups is 3. The lowest BCUT2D eigenvalue weighted by molar-refractivity contribution is -0.155. The lowest BCUT2D eigenvalue weighted by atomic mass is 9.70. The van der Waals surface area contributed by atoms with E-state index in [9.17, 15) is 19.5 Å². The summed E-state index contributed by atoms with van der Waals surface area (Å²) in [5.74, 6) is -2.29. The highest BCUT2D eigenvalue weighted by Gasteiger charge is 2.75. The van der Waals surface area contributed by atoms with E-state index < -0.39 is 35.6 Å². The highest BCUT2D eigenvalue weighted by molar-refractivity contribution is 5.98. The molecule has 4 rings (SSSR count). The average Bonchev–Trinajstić information content (AvgIpc) is 3.40. The third-order valence-electron chi connectivity index (χ3n) is 7.56. The Hall–Kier alpha value is -1.93.